The number of hydrogen-bond acceptors (Lipinski definition) is 2. The maximum atomic E-state index is 12.3. The second-order valence-electron chi connectivity index (χ2n) is 4.57. The monoisotopic (exact) mass is 227 g/mol. The third-order valence-corrected chi connectivity index (χ3v) is 2.85. The maximum Gasteiger partial charge on any atom is 0.173 e. The van der Waals surface area contributed by atoms with Crippen molar-refractivity contribution in [2.24, 2.45) is 5.92 Å². The molecule has 0 N–H and O–H groups in total. The number of likely N-dealkylation sites (N-methyl/N-ethyl adjacent to an activating group) is 1. The number of benzene rings is 1. The molecular weight excluding hydrogens is 210 g/mol. The quantitative estimate of drug-likeness (QED) is 0.737. The van der Waals surface area contributed by atoms with E-state index in [2.05, 4.69) is 4.90 Å². The van der Waals surface area contributed by atoms with Crippen molar-refractivity contribution in [3.8, 4) is 0 Å². The summed E-state index contributed by atoms with van der Waals surface area (Å²) in [6, 6.07) is 9.49. The van der Waals surface area contributed by atoms with Crippen LogP contribution in [0.15, 0.2) is 54.1 Å². The number of Topliss-reactive ketones (excluding diaryl/α,β-unsaturated/α-hetero) is 1. The molecule has 0 saturated carbocycles. The molecule has 2 heteroatoms. The first-order valence-electron chi connectivity index (χ1n) is 5.80. The molecule has 1 unspecified atom stereocenters. The average Bonchev–Trinajstić information content (AvgIpc) is 2.76. The number of allylic oxidation sites excluding steroid dienone is 3. The first-order valence-corrected chi connectivity index (χ1v) is 5.80. The Morgan fingerprint density at radius 1 is 1.24 bits per heavy atom. The Kier molecular flexibility index (Phi) is 3.55. The van der Waals surface area contributed by atoms with Crippen LogP contribution in [0, 0.1) is 5.92 Å². The van der Waals surface area contributed by atoms with E-state index >= 15 is 0 Å². The van der Waals surface area contributed by atoms with Gasteiger partial charge >= 0.3 is 0 Å². The number of hydrogen-bond donors (Lipinski definition) is 0. The highest BCUT2D eigenvalue weighted by Gasteiger charge is 2.23. The predicted octanol–water partition coefficient (Wildman–Crippen LogP) is 2.54. The molecule has 2 nitrogen and oxygen atoms in total. The lowest BCUT2D eigenvalue weighted by Crippen LogP contribution is -2.22. The van der Waals surface area contributed by atoms with Gasteiger partial charge in [-0.2, -0.15) is 0 Å². The molecular formula is C15H17NO. The van der Waals surface area contributed by atoms with E-state index in [0.717, 1.165) is 12.1 Å². The number of carbonyl (C=O) groups is 1. The van der Waals surface area contributed by atoms with Crippen molar-refractivity contribution in [2.45, 2.75) is 0 Å². The van der Waals surface area contributed by atoms with E-state index in [0.29, 0.717) is 0 Å². The smallest absolute Gasteiger partial charge is 0.173 e. The van der Waals surface area contributed by atoms with Gasteiger partial charge in [0.1, 0.15) is 0 Å². The van der Waals surface area contributed by atoms with Gasteiger partial charge < -0.3 is 4.90 Å². The van der Waals surface area contributed by atoms with Gasteiger partial charge in [0.15, 0.2) is 5.78 Å². The van der Waals surface area contributed by atoms with Crippen LogP contribution in [-0.2, 0) is 0 Å². The van der Waals surface area contributed by atoms with Crippen LogP contribution in [0.2, 0.25) is 0 Å². The van der Waals surface area contributed by atoms with Crippen LogP contribution in [0.25, 0.3) is 0 Å². The SMILES string of the molecule is CN(C)CC1=CC=CC1C(=O)c1ccccc1. The van der Waals surface area contributed by atoms with Gasteiger partial charge in [0.25, 0.3) is 0 Å². The molecule has 0 heterocycles. The Hall–Kier alpha value is -1.67. The van der Waals surface area contributed by atoms with E-state index in [1.165, 1.54) is 5.57 Å². The van der Waals surface area contributed by atoms with Gasteiger partial charge in [-0.15, -0.1) is 0 Å². The minimum Gasteiger partial charge on any atom is -0.305 e. The van der Waals surface area contributed by atoms with E-state index < -0.39 is 0 Å². The van der Waals surface area contributed by atoms with Crippen molar-refractivity contribution in [3.63, 3.8) is 0 Å². The Morgan fingerprint density at radius 2 is 1.94 bits per heavy atom. The zero-order valence-corrected chi connectivity index (χ0v) is 10.3. The molecule has 0 saturated heterocycles. The van der Waals surface area contributed by atoms with E-state index in [-0.39, 0.29) is 11.7 Å². The van der Waals surface area contributed by atoms with Gasteiger partial charge in [0.2, 0.25) is 0 Å². The summed E-state index contributed by atoms with van der Waals surface area (Å²) >= 11 is 0. The lowest BCUT2D eigenvalue weighted by atomic mass is 9.93. The van der Waals surface area contributed by atoms with E-state index in [1.807, 2.05) is 62.7 Å². The molecule has 0 bridgehead atoms. The fraction of sp³-hybridized carbons (Fsp3) is 0.267. The standard InChI is InChI=1S/C15H17NO/c1-16(2)11-13-9-6-10-14(13)15(17)12-7-4-3-5-8-12/h3-10,14H,11H2,1-2H3. The fourth-order valence-electron chi connectivity index (χ4n) is 2.07. The molecule has 0 aliphatic heterocycles. The van der Waals surface area contributed by atoms with E-state index in [1.54, 1.807) is 0 Å². The average molecular weight is 227 g/mol. The lowest BCUT2D eigenvalue weighted by Gasteiger charge is -2.17. The third-order valence-electron chi connectivity index (χ3n) is 2.85. The van der Waals surface area contributed by atoms with Gasteiger partial charge in [-0.25, -0.2) is 0 Å². The molecule has 1 aromatic carbocycles. The van der Waals surface area contributed by atoms with Crippen LogP contribution < -0.4 is 0 Å². The van der Waals surface area contributed by atoms with Gasteiger partial charge in [-0.05, 0) is 19.7 Å². The summed E-state index contributed by atoms with van der Waals surface area (Å²) < 4.78 is 0. The molecule has 1 aliphatic carbocycles. The van der Waals surface area contributed by atoms with Crippen molar-refractivity contribution in [2.75, 3.05) is 20.6 Å². The summed E-state index contributed by atoms with van der Waals surface area (Å²) in [6.07, 6.45) is 6.00. The van der Waals surface area contributed by atoms with Crippen molar-refractivity contribution < 1.29 is 4.79 Å². The number of nitrogens with zero attached hydrogens (tertiary/aromatic N) is 1. The second-order valence-corrected chi connectivity index (χ2v) is 4.57. The zero-order chi connectivity index (χ0) is 12.3. The molecule has 0 fully saturated rings. The van der Waals surface area contributed by atoms with Crippen molar-refractivity contribution in [1.29, 1.82) is 0 Å². The molecule has 0 aromatic heterocycles. The number of carbonyl (C=O) groups excluding carboxylic acids is 1. The van der Waals surface area contributed by atoms with Crippen LogP contribution in [0.5, 0.6) is 0 Å². The van der Waals surface area contributed by atoms with E-state index in [4.69, 9.17) is 0 Å². The van der Waals surface area contributed by atoms with Crippen LogP contribution in [0.3, 0.4) is 0 Å². The summed E-state index contributed by atoms with van der Waals surface area (Å²) in [5.74, 6) is 0.104. The summed E-state index contributed by atoms with van der Waals surface area (Å²) in [5.41, 5.74) is 1.96. The first-order chi connectivity index (χ1) is 8.18. The predicted molar refractivity (Wildman–Crippen MR) is 70.0 cm³/mol. The van der Waals surface area contributed by atoms with Gasteiger partial charge in [-0.3, -0.25) is 4.79 Å². The van der Waals surface area contributed by atoms with Crippen molar-refractivity contribution >= 4 is 5.78 Å². The van der Waals surface area contributed by atoms with Crippen molar-refractivity contribution in [3.05, 3.63) is 59.7 Å². The lowest BCUT2D eigenvalue weighted by molar-refractivity contribution is 0.0959. The second kappa shape index (κ2) is 5.11. The molecule has 2 rings (SSSR count). The minimum absolute atomic E-state index is 0.0835. The van der Waals surface area contributed by atoms with Crippen LogP contribution in [-0.4, -0.2) is 31.3 Å². The molecule has 88 valence electrons. The molecule has 0 radical (unpaired) electrons. The summed E-state index contributed by atoms with van der Waals surface area (Å²) in [5, 5.41) is 0. The largest absolute Gasteiger partial charge is 0.305 e. The zero-order valence-electron chi connectivity index (χ0n) is 10.3. The number of ketones is 1. The summed E-state index contributed by atoms with van der Waals surface area (Å²) in [4.78, 5) is 14.4. The summed E-state index contributed by atoms with van der Waals surface area (Å²) in [7, 11) is 4.03. The topological polar surface area (TPSA) is 20.3 Å². The molecule has 1 atom stereocenters. The third kappa shape index (κ3) is 2.71. The van der Waals surface area contributed by atoms with Gasteiger partial charge in [0, 0.05) is 12.1 Å². The van der Waals surface area contributed by atoms with Crippen LogP contribution in [0.4, 0.5) is 0 Å². The van der Waals surface area contributed by atoms with Crippen LogP contribution in [0.1, 0.15) is 10.4 Å². The first kappa shape index (κ1) is 11.8. The highest BCUT2D eigenvalue weighted by atomic mass is 16.1. The Labute approximate surface area is 102 Å². The van der Waals surface area contributed by atoms with Gasteiger partial charge in [-0.1, -0.05) is 48.6 Å². The van der Waals surface area contributed by atoms with Gasteiger partial charge in [0.05, 0.1) is 5.92 Å². The highest BCUT2D eigenvalue weighted by molar-refractivity contribution is 6.01. The molecule has 0 amide bonds. The summed E-state index contributed by atoms with van der Waals surface area (Å²) in [6.45, 7) is 0.830. The Bertz CT molecular complexity index is 457. The number of rotatable bonds is 4. The fourth-order valence-corrected chi connectivity index (χ4v) is 2.07. The van der Waals surface area contributed by atoms with Crippen LogP contribution >= 0.6 is 0 Å². The Balaban J connectivity index is 2.15. The normalized spacial score (nSPS) is 18.5. The highest BCUT2D eigenvalue weighted by Crippen LogP contribution is 2.24. The molecule has 0 spiro atoms. The molecule has 17 heavy (non-hydrogen) atoms. The minimum atomic E-state index is -0.0835. The maximum absolute atomic E-state index is 12.3. The van der Waals surface area contributed by atoms with E-state index in [9.17, 15) is 4.79 Å². The molecule has 1 aromatic rings. The Morgan fingerprint density at radius 3 is 2.59 bits per heavy atom. The molecule has 1 aliphatic rings. The van der Waals surface area contributed by atoms with Crippen molar-refractivity contribution in [1.82, 2.24) is 4.90 Å².